The Morgan fingerprint density at radius 1 is 1.33 bits per heavy atom. The van der Waals surface area contributed by atoms with Crippen LogP contribution >= 0.6 is 0 Å². The van der Waals surface area contributed by atoms with Crippen molar-refractivity contribution in [2.24, 2.45) is 11.8 Å². The molecule has 0 bridgehead atoms. The summed E-state index contributed by atoms with van der Waals surface area (Å²) in [6, 6.07) is 0. The molecular weight excluding hydrogens is 148 g/mol. The molecule has 1 aliphatic carbocycles. The van der Waals surface area contributed by atoms with Crippen molar-refractivity contribution < 1.29 is 4.79 Å². The molecule has 1 aliphatic rings. The van der Waals surface area contributed by atoms with Crippen LogP contribution in [0.4, 0.5) is 0 Å². The summed E-state index contributed by atoms with van der Waals surface area (Å²) in [5.41, 5.74) is 0. The minimum atomic E-state index is 0.482. The number of Topliss-reactive ketones (excluding diaryl/α,β-unsaturated/α-hetero) is 1. The van der Waals surface area contributed by atoms with E-state index in [2.05, 4.69) is 13.8 Å². The second-order valence-corrected chi connectivity index (χ2v) is 4.45. The maximum atomic E-state index is 10.9. The van der Waals surface area contributed by atoms with E-state index in [0.717, 1.165) is 37.5 Å². The Hall–Kier alpha value is -0.330. The van der Waals surface area contributed by atoms with Gasteiger partial charge in [0.2, 0.25) is 0 Å². The zero-order chi connectivity index (χ0) is 8.97. The van der Waals surface area contributed by atoms with Gasteiger partial charge in [0.1, 0.15) is 5.78 Å². The van der Waals surface area contributed by atoms with Crippen LogP contribution in [0.3, 0.4) is 0 Å². The van der Waals surface area contributed by atoms with Crippen molar-refractivity contribution in [1.29, 1.82) is 0 Å². The molecule has 70 valence electrons. The highest BCUT2D eigenvalue weighted by Crippen LogP contribution is 2.26. The van der Waals surface area contributed by atoms with Gasteiger partial charge in [-0.15, -0.1) is 0 Å². The van der Waals surface area contributed by atoms with Crippen molar-refractivity contribution in [1.82, 2.24) is 0 Å². The maximum absolute atomic E-state index is 10.9. The molecule has 0 aromatic rings. The van der Waals surface area contributed by atoms with E-state index in [1.807, 2.05) is 0 Å². The first kappa shape index (κ1) is 9.76. The average molecular weight is 168 g/mol. The fourth-order valence-corrected chi connectivity index (χ4v) is 1.86. The van der Waals surface area contributed by atoms with E-state index >= 15 is 0 Å². The monoisotopic (exact) mass is 168 g/mol. The Morgan fingerprint density at radius 3 is 2.42 bits per heavy atom. The van der Waals surface area contributed by atoms with Gasteiger partial charge in [0.15, 0.2) is 0 Å². The molecule has 0 amide bonds. The molecule has 1 nitrogen and oxygen atoms in total. The van der Waals surface area contributed by atoms with Crippen molar-refractivity contribution in [3.05, 3.63) is 0 Å². The normalized spacial score (nSPS) is 20.4. The molecule has 0 heterocycles. The van der Waals surface area contributed by atoms with Crippen LogP contribution in [0.2, 0.25) is 0 Å². The summed E-state index contributed by atoms with van der Waals surface area (Å²) < 4.78 is 0. The van der Waals surface area contributed by atoms with Crippen molar-refractivity contribution in [3.63, 3.8) is 0 Å². The second kappa shape index (κ2) is 4.64. The van der Waals surface area contributed by atoms with Crippen LogP contribution in [-0.4, -0.2) is 5.78 Å². The van der Waals surface area contributed by atoms with Gasteiger partial charge in [0, 0.05) is 12.8 Å². The highest BCUT2D eigenvalue weighted by atomic mass is 16.1. The summed E-state index contributed by atoms with van der Waals surface area (Å²) in [6.45, 7) is 4.54. The molecule has 0 aromatic carbocycles. The summed E-state index contributed by atoms with van der Waals surface area (Å²) in [5.74, 6) is 2.16. The van der Waals surface area contributed by atoms with Gasteiger partial charge in [0.25, 0.3) is 0 Å². The molecule has 1 fully saturated rings. The first-order valence-electron chi connectivity index (χ1n) is 5.20. The third-order valence-corrected chi connectivity index (χ3v) is 2.82. The smallest absolute Gasteiger partial charge is 0.132 e. The van der Waals surface area contributed by atoms with Crippen LogP contribution in [-0.2, 0) is 4.79 Å². The summed E-state index contributed by atoms with van der Waals surface area (Å²) in [5, 5.41) is 0. The molecule has 0 saturated heterocycles. The van der Waals surface area contributed by atoms with Crippen LogP contribution in [0.1, 0.15) is 52.4 Å². The number of carbonyl (C=O) groups excluding carboxylic acids is 1. The third kappa shape index (κ3) is 3.38. The van der Waals surface area contributed by atoms with Crippen LogP contribution in [0, 0.1) is 11.8 Å². The lowest BCUT2D eigenvalue weighted by Crippen LogP contribution is -2.14. The van der Waals surface area contributed by atoms with Crippen LogP contribution in [0.25, 0.3) is 0 Å². The van der Waals surface area contributed by atoms with Gasteiger partial charge in [-0.2, -0.15) is 0 Å². The zero-order valence-corrected chi connectivity index (χ0v) is 8.31. The molecule has 1 saturated carbocycles. The van der Waals surface area contributed by atoms with E-state index in [-0.39, 0.29) is 0 Å². The fraction of sp³-hybridized carbons (Fsp3) is 0.909. The number of rotatable bonds is 3. The van der Waals surface area contributed by atoms with E-state index in [1.54, 1.807) is 0 Å². The third-order valence-electron chi connectivity index (χ3n) is 2.82. The van der Waals surface area contributed by atoms with Gasteiger partial charge in [-0.25, -0.2) is 0 Å². The Kier molecular flexibility index (Phi) is 3.77. The lowest BCUT2D eigenvalue weighted by Gasteiger charge is -2.21. The first-order chi connectivity index (χ1) is 5.68. The van der Waals surface area contributed by atoms with E-state index in [9.17, 15) is 4.79 Å². The molecule has 0 aliphatic heterocycles. The summed E-state index contributed by atoms with van der Waals surface area (Å²) in [7, 11) is 0. The summed E-state index contributed by atoms with van der Waals surface area (Å²) in [6.07, 6.45) is 6.69. The quantitative estimate of drug-likeness (QED) is 0.632. The molecule has 0 spiro atoms. The van der Waals surface area contributed by atoms with Crippen LogP contribution in [0.5, 0.6) is 0 Å². The van der Waals surface area contributed by atoms with Crippen molar-refractivity contribution in [3.8, 4) is 0 Å². The fourth-order valence-electron chi connectivity index (χ4n) is 1.86. The van der Waals surface area contributed by atoms with Crippen LogP contribution in [0.15, 0.2) is 0 Å². The average Bonchev–Trinajstić information content (AvgIpc) is 2.03. The zero-order valence-electron chi connectivity index (χ0n) is 8.31. The molecule has 1 rings (SSSR count). The topological polar surface area (TPSA) is 17.1 Å². The van der Waals surface area contributed by atoms with Crippen molar-refractivity contribution in [2.75, 3.05) is 0 Å². The minimum Gasteiger partial charge on any atom is -0.300 e. The predicted molar refractivity (Wildman–Crippen MR) is 51.0 cm³/mol. The minimum absolute atomic E-state index is 0.482. The van der Waals surface area contributed by atoms with E-state index in [0.29, 0.717) is 5.78 Å². The number of hydrogen-bond acceptors (Lipinski definition) is 1. The van der Waals surface area contributed by atoms with Gasteiger partial charge in [-0.1, -0.05) is 26.7 Å². The van der Waals surface area contributed by atoms with E-state index in [1.165, 1.54) is 12.8 Å². The molecular formula is C11H20O. The molecule has 1 heteroatoms. The first-order valence-corrected chi connectivity index (χ1v) is 5.20. The maximum Gasteiger partial charge on any atom is 0.132 e. The molecule has 0 unspecified atom stereocenters. The Labute approximate surface area is 75.5 Å². The molecule has 12 heavy (non-hydrogen) atoms. The molecule has 0 aromatic heterocycles. The van der Waals surface area contributed by atoms with Gasteiger partial charge in [-0.3, -0.25) is 4.79 Å². The van der Waals surface area contributed by atoms with Crippen molar-refractivity contribution >= 4 is 5.78 Å². The Morgan fingerprint density at radius 2 is 1.92 bits per heavy atom. The molecule has 0 N–H and O–H groups in total. The molecule has 0 atom stereocenters. The highest BCUT2D eigenvalue weighted by Gasteiger charge is 2.18. The lowest BCUT2D eigenvalue weighted by molar-refractivity contribution is -0.121. The Bertz CT molecular complexity index is 139. The number of ketones is 1. The van der Waals surface area contributed by atoms with Crippen LogP contribution < -0.4 is 0 Å². The largest absolute Gasteiger partial charge is 0.300 e. The highest BCUT2D eigenvalue weighted by molar-refractivity contribution is 5.78. The lowest BCUT2D eigenvalue weighted by atomic mass is 9.84. The summed E-state index contributed by atoms with van der Waals surface area (Å²) in [4.78, 5) is 10.9. The van der Waals surface area contributed by atoms with Gasteiger partial charge in [-0.05, 0) is 24.7 Å². The van der Waals surface area contributed by atoms with Gasteiger partial charge >= 0.3 is 0 Å². The van der Waals surface area contributed by atoms with Crippen molar-refractivity contribution in [2.45, 2.75) is 52.4 Å². The number of hydrogen-bond donors (Lipinski definition) is 0. The van der Waals surface area contributed by atoms with E-state index in [4.69, 9.17) is 0 Å². The summed E-state index contributed by atoms with van der Waals surface area (Å²) >= 11 is 0. The van der Waals surface area contributed by atoms with Gasteiger partial charge < -0.3 is 0 Å². The van der Waals surface area contributed by atoms with Gasteiger partial charge in [0.05, 0.1) is 0 Å². The molecule has 0 radical (unpaired) electrons. The Balaban J connectivity index is 2.13. The number of carbonyl (C=O) groups is 1. The van der Waals surface area contributed by atoms with E-state index < -0.39 is 0 Å². The second-order valence-electron chi connectivity index (χ2n) is 4.45. The predicted octanol–water partition coefficient (Wildman–Crippen LogP) is 3.18. The SMILES string of the molecule is CC(C)CCC1CCC(=O)CC1. The standard InChI is InChI=1S/C11H20O/c1-9(2)3-4-10-5-7-11(12)8-6-10/h9-10H,3-8H2,1-2H3.